The summed E-state index contributed by atoms with van der Waals surface area (Å²) in [6, 6.07) is 17.7. The number of fused-ring (bicyclic) bond motifs is 1. The molecule has 1 aromatic heterocycles. The second-order valence-electron chi connectivity index (χ2n) is 6.49. The summed E-state index contributed by atoms with van der Waals surface area (Å²) in [6.45, 7) is 0. The Morgan fingerprint density at radius 3 is 2.67 bits per heavy atom. The third kappa shape index (κ3) is 3.93. The Bertz CT molecular complexity index is 1350. The van der Waals surface area contributed by atoms with E-state index in [4.69, 9.17) is 21.3 Å². The first-order chi connectivity index (χ1) is 14.5. The number of ether oxygens (including phenoxy) is 1. The van der Waals surface area contributed by atoms with Crippen molar-refractivity contribution in [3.63, 3.8) is 0 Å². The standard InChI is InChI=1S/C23H16ClIN2O3/c1-30-21-12-14(6-10-20(21)28)7-11-22-26-18-9-8-15(25)13-16(18)23(29)27(22)19-5-3-2-4-17(19)24/h2-13,28H,1H3. The molecule has 0 radical (unpaired) electrons. The average Bonchev–Trinajstić information content (AvgIpc) is 2.74. The van der Waals surface area contributed by atoms with Crippen LogP contribution in [-0.4, -0.2) is 21.8 Å². The van der Waals surface area contributed by atoms with Crippen molar-refractivity contribution in [1.82, 2.24) is 9.55 Å². The molecule has 0 aliphatic rings. The van der Waals surface area contributed by atoms with Crippen molar-refractivity contribution in [2.45, 2.75) is 0 Å². The lowest BCUT2D eigenvalue weighted by Gasteiger charge is -2.13. The van der Waals surface area contributed by atoms with Crippen molar-refractivity contribution >= 4 is 57.2 Å². The molecule has 0 saturated carbocycles. The zero-order valence-corrected chi connectivity index (χ0v) is 18.8. The van der Waals surface area contributed by atoms with Gasteiger partial charge in [0.05, 0.1) is 28.7 Å². The highest BCUT2D eigenvalue weighted by atomic mass is 127. The first-order valence-electron chi connectivity index (χ1n) is 9.00. The number of hydrogen-bond acceptors (Lipinski definition) is 4. The topological polar surface area (TPSA) is 64.3 Å². The molecular formula is C23H16ClIN2O3. The Morgan fingerprint density at radius 2 is 1.90 bits per heavy atom. The number of aromatic hydroxyl groups is 1. The minimum absolute atomic E-state index is 0.0565. The highest BCUT2D eigenvalue weighted by Gasteiger charge is 2.14. The Balaban J connectivity index is 1.94. The highest BCUT2D eigenvalue weighted by Crippen LogP contribution is 2.27. The highest BCUT2D eigenvalue weighted by molar-refractivity contribution is 14.1. The molecule has 150 valence electrons. The molecule has 0 amide bonds. The van der Waals surface area contributed by atoms with Gasteiger partial charge in [0.2, 0.25) is 0 Å². The number of halogens is 2. The van der Waals surface area contributed by atoms with Crippen LogP contribution in [0, 0.1) is 3.57 Å². The zero-order valence-electron chi connectivity index (χ0n) is 15.8. The van der Waals surface area contributed by atoms with Crippen molar-refractivity contribution in [2.24, 2.45) is 0 Å². The van der Waals surface area contributed by atoms with Crippen LogP contribution in [0.2, 0.25) is 5.02 Å². The summed E-state index contributed by atoms with van der Waals surface area (Å²) < 4.78 is 7.62. The number of hydrogen-bond donors (Lipinski definition) is 1. The number of phenols is 1. The van der Waals surface area contributed by atoms with E-state index in [2.05, 4.69) is 22.6 Å². The second-order valence-corrected chi connectivity index (χ2v) is 8.14. The van der Waals surface area contributed by atoms with Gasteiger partial charge in [-0.25, -0.2) is 4.98 Å². The van der Waals surface area contributed by atoms with E-state index in [0.29, 0.717) is 33.2 Å². The van der Waals surface area contributed by atoms with Gasteiger partial charge in [-0.2, -0.15) is 0 Å². The van der Waals surface area contributed by atoms with Gasteiger partial charge in [-0.3, -0.25) is 9.36 Å². The number of rotatable bonds is 4. The van der Waals surface area contributed by atoms with Crippen LogP contribution in [-0.2, 0) is 0 Å². The van der Waals surface area contributed by atoms with Gasteiger partial charge in [0.1, 0.15) is 5.82 Å². The predicted molar refractivity (Wildman–Crippen MR) is 129 cm³/mol. The fourth-order valence-corrected chi connectivity index (χ4v) is 3.83. The van der Waals surface area contributed by atoms with Gasteiger partial charge in [-0.05, 0) is 76.7 Å². The summed E-state index contributed by atoms with van der Waals surface area (Å²) in [5.74, 6) is 0.858. The average molecular weight is 531 g/mol. The Labute approximate surface area is 191 Å². The molecule has 0 aliphatic heterocycles. The van der Waals surface area contributed by atoms with E-state index in [1.165, 1.54) is 11.7 Å². The van der Waals surface area contributed by atoms with E-state index >= 15 is 0 Å². The lowest BCUT2D eigenvalue weighted by atomic mass is 10.1. The Morgan fingerprint density at radius 1 is 1.10 bits per heavy atom. The minimum Gasteiger partial charge on any atom is -0.504 e. The number of phenolic OH excluding ortho intramolecular Hbond substituents is 1. The molecule has 0 spiro atoms. The smallest absolute Gasteiger partial charge is 0.266 e. The quantitative estimate of drug-likeness (QED) is 0.353. The van der Waals surface area contributed by atoms with Crippen LogP contribution in [0.25, 0.3) is 28.7 Å². The monoisotopic (exact) mass is 530 g/mol. The number of nitrogens with zero attached hydrogens (tertiary/aromatic N) is 2. The summed E-state index contributed by atoms with van der Waals surface area (Å²) in [5.41, 5.74) is 1.74. The van der Waals surface area contributed by atoms with E-state index in [9.17, 15) is 9.90 Å². The molecule has 30 heavy (non-hydrogen) atoms. The molecule has 7 heteroatoms. The minimum atomic E-state index is -0.199. The summed E-state index contributed by atoms with van der Waals surface area (Å²) in [6.07, 6.45) is 3.55. The van der Waals surface area contributed by atoms with Gasteiger partial charge in [-0.15, -0.1) is 0 Å². The molecule has 1 N–H and O–H groups in total. The van der Waals surface area contributed by atoms with Gasteiger partial charge < -0.3 is 9.84 Å². The fourth-order valence-electron chi connectivity index (χ4n) is 3.12. The van der Waals surface area contributed by atoms with Crippen molar-refractivity contribution in [2.75, 3.05) is 7.11 Å². The molecule has 0 fully saturated rings. The first-order valence-corrected chi connectivity index (χ1v) is 10.5. The Kier molecular flexibility index (Phi) is 5.78. The molecular weight excluding hydrogens is 515 g/mol. The van der Waals surface area contributed by atoms with Crippen molar-refractivity contribution in [1.29, 1.82) is 0 Å². The second kappa shape index (κ2) is 8.49. The number of para-hydroxylation sites is 1. The summed E-state index contributed by atoms with van der Waals surface area (Å²) in [5, 5.41) is 10.8. The lowest BCUT2D eigenvalue weighted by Crippen LogP contribution is -2.22. The number of benzene rings is 3. The molecule has 0 bridgehead atoms. The van der Waals surface area contributed by atoms with Crippen LogP contribution < -0.4 is 10.3 Å². The van der Waals surface area contributed by atoms with Crippen LogP contribution >= 0.6 is 34.2 Å². The third-order valence-corrected chi connectivity index (χ3v) is 5.57. The molecule has 0 saturated heterocycles. The molecule has 3 aromatic carbocycles. The molecule has 0 unspecified atom stereocenters. The third-order valence-electron chi connectivity index (χ3n) is 4.58. The summed E-state index contributed by atoms with van der Waals surface area (Å²) in [7, 11) is 1.49. The van der Waals surface area contributed by atoms with Gasteiger partial charge in [-0.1, -0.05) is 35.9 Å². The Hall–Kier alpha value is -2.84. The molecule has 4 rings (SSSR count). The van der Waals surface area contributed by atoms with Gasteiger partial charge in [0.15, 0.2) is 11.5 Å². The largest absolute Gasteiger partial charge is 0.504 e. The maximum Gasteiger partial charge on any atom is 0.266 e. The van der Waals surface area contributed by atoms with Crippen molar-refractivity contribution < 1.29 is 9.84 Å². The maximum atomic E-state index is 13.4. The maximum absolute atomic E-state index is 13.4. The van der Waals surface area contributed by atoms with Crippen LogP contribution in [0.4, 0.5) is 0 Å². The first kappa shape index (κ1) is 20.4. The molecule has 4 aromatic rings. The molecule has 0 aliphatic carbocycles. The zero-order chi connectivity index (χ0) is 21.3. The molecule has 1 heterocycles. The van der Waals surface area contributed by atoms with E-state index in [1.54, 1.807) is 42.5 Å². The summed E-state index contributed by atoms with van der Waals surface area (Å²) >= 11 is 8.57. The SMILES string of the molecule is COc1cc(C=Cc2nc3ccc(I)cc3c(=O)n2-c2ccccc2Cl)ccc1O. The van der Waals surface area contributed by atoms with Crippen LogP contribution in [0.3, 0.4) is 0 Å². The van der Waals surface area contributed by atoms with E-state index in [0.717, 1.165) is 9.13 Å². The molecule has 0 atom stereocenters. The normalized spacial score (nSPS) is 11.3. The van der Waals surface area contributed by atoms with E-state index in [1.807, 2.05) is 30.3 Å². The van der Waals surface area contributed by atoms with E-state index in [-0.39, 0.29) is 11.3 Å². The van der Waals surface area contributed by atoms with Crippen molar-refractivity contribution in [3.05, 3.63) is 91.0 Å². The van der Waals surface area contributed by atoms with Crippen LogP contribution in [0.5, 0.6) is 11.5 Å². The number of aromatic nitrogens is 2. The summed E-state index contributed by atoms with van der Waals surface area (Å²) in [4.78, 5) is 18.1. The van der Waals surface area contributed by atoms with Crippen molar-refractivity contribution in [3.8, 4) is 17.2 Å². The predicted octanol–water partition coefficient (Wildman–Crippen LogP) is 5.53. The van der Waals surface area contributed by atoms with Crippen LogP contribution in [0.1, 0.15) is 11.4 Å². The molecule has 5 nitrogen and oxygen atoms in total. The van der Waals surface area contributed by atoms with E-state index < -0.39 is 0 Å². The number of methoxy groups -OCH3 is 1. The fraction of sp³-hybridized carbons (Fsp3) is 0.0435. The van der Waals surface area contributed by atoms with Crippen LogP contribution in [0.15, 0.2) is 65.5 Å². The van der Waals surface area contributed by atoms with Gasteiger partial charge >= 0.3 is 0 Å². The van der Waals surface area contributed by atoms with Gasteiger partial charge in [0.25, 0.3) is 5.56 Å². The van der Waals surface area contributed by atoms with Gasteiger partial charge in [0, 0.05) is 3.57 Å². The lowest BCUT2D eigenvalue weighted by molar-refractivity contribution is 0.373.